The van der Waals surface area contributed by atoms with Crippen LogP contribution >= 0.6 is 0 Å². The van der Waals surface area contributed by atoms with Crippen molar-refractivity contribution >= 4 is 5.69 Å². The van der Waals surface area contributed by atoms with Crippen LogP contribution in [0.15, 0.2) is 18.2 Å². The topological polar surface area (TPSA) is 38.5 Å². The molecule has 0 saturated carbocycles. The Morgan fingerprint density at radius 3 is 2.80 bits per heavy atom. The Morgan fingerprint density at radius 2 is 2.15 bits per heavy atom. The summed E-state index contributed by atoms with van der Waals surface area (Å²) in [5, 5.41) is 0. The second-order valence-corrected chi connectivity index (χ2v) is 5.22. The van der Waals surface area contributed by atoms with E-state index in [2.05, 4.69) is 0 Å². The van der Waals surface area contributed by atoms with Crippen molar-refractivity contribution in [3.63, 3.8) is 0 Å². The van der Waals surface area contributed by atoms with Crippen molar-refractivity contribution in [1.29, 1.82) is 0 Å². The first-order chi connectivity index (χ1) is 9.35. The van der Waals surface area contributed by atoms with Crippen molar-refractivity contribution in [1.82, 2.24) is 0 Å². The van der Waals surface area contributed by atoms with Gasteiger partial charge in [-0.2, -0.15) is 13.2 Å². The fraction of sp³-hybridized carbons (Fsp3) is 0.571. The van der Waals surface area contributed by atoms with Crippen LogP contribution in [0.1, 0.15) is 18.4 Å². The highest BCUT2D eigenvalue weighted by atomic mass is 19.4. The molecule has 0 aromatic heterocycles. The number of hydrogen-bond donors (Lipinski definition) is 1. The van der Waals surface area contributed by atoms with Gasteiger partial charge < -0.3 is 15.4 Å². The molecule has 1 aliphatic rings. The third-order valence-corrected chi connectivity index (χ3v) is 3.30. The lowest BCUT2D eigenvalue weighted by molar-refractivity contribution is -0.153. The van der Waals surface area contributed by atoms with Crippen molar-refractivity contribution < 1.29 is 17.9 Å². The molecule has 112 valence electrons. The Morgan fingerprint density at radius 1 is 1.40 bits per heavy atom. The number of ether oxygens (including phenoxy) is 1. The summed E-state index contributed by atoms with van der Waals surface area (Å²) >= 11 is 0. The lowest BCUT2D eigenvalue weighted by Crippen LogP contribution is -2.43. The fourth-order valence-electron chi connectivity index (χ4n) is 2.38. The molecule has 2 N–H and O–H groups in total. The summed E-state index contributed by atoms with van der Waals surface area (Å²) in [4.78, 5) is 2.01. The van der Waals surface area contributed by atoms with Crippen molar-refractivity contribution in [3.8, 4) is 5.75 Å². The molecule has 1 aromatic rings. The molecule has 0 bridgehead atoms. The number of nitrogens with two attached hydrogens (primary N) is 1. The number of aryl methyl sites for hydroxylation is 1. The van der Waals surface area contributed by atoms with E-state index in [1.807, 2.05) is 17.9 Å². The highest BCUT2D eigenvalue weighted by Crippen LogP contribution is 2.32. The Labute approximate surface area is 116 Å². The van der Waals surface area contributed by atoms with E-state index in [9.17, 15) is 13.2 Å². The molecule has 1 saturated heterocycles. The van der Waals surface area contributed by atoms with Gasteiger partial charge in [-0.3, -0.25) is 0 Å². The van der Waals surface area contributed by atoms with E-state index in [1.165, 1.54) is 0 Å². The van der Waals surface area contributed by atoms with Crippen LogP contribution in [0, 0.1) is 6.92 Å². The zero-order chi connectivity index (χ0) is 14.8. The summed E-state index contributed by atoms with van der Waals surface area (Å²) < 4.78 is 41.8. The Hall–Kier alpha value is -1.43. The highest BCUT2D eigenvalue weighted by Gasteiger charge is 2.29. The van der Waals surface area contributed by atoms with Crippen molar-refractivity contribution in [2.45, 2.75) is 32.0 Å². The van der Waals surface area contributed by atoms with E-state index in [0.29, 0.717) is 12.2 Å². The first-order valence-electron chi connectivity index (χ1n) is 6.66. The molecule has 1 aromatic carbocycles. The van der Waals surface area contributed by atoms with Crippen molar-refractivity contribution in [2.75, 3.05) is 24.6 Å². The third kappa shape index (κ3) is 4.03. The summed E-state index contributed by atoms with van der Waals surface area (Å²) in [5.41, 5.74) is 7.61. The quantitative estimate of drug-likeness (QED) is 0.929. The number of nitrogens with zero attached hydrogens (tertiary/aromatic N) is 1. The standard InChI is InChI=1S/C14H19F3N2O/c1-10-4-5-13(20-9-14(15,16)17)12(7-10)19-6-2-3-11(18)8-19/h4-5,7,11H,2-3,6,8-9,18H2,1H3. The number of alkyl halides is 3. The minimum Gasteiger partial charge on any atom is -0.482 e. The van der Waals surface area contributed by atoms with Gasteiger partial charge in [-0.05, 0) is 37.5 Å². The third-order valence-electron chi connectivity index (χ3n) is 3.30. The van der Waals surface area contributed by atoms with Crippen LogP contribution in [0.5, 0.6) is 5.75 Å². The van der Waals surface area contributed by atoms with E-state index in [-0.39, 0.29) is 11.8 Å². The van der Waals surface area contributed by atoms with E-state index in [0.717, 1.165) is 24.9 Å². The van der Waals surface area contributed by atoms with Gasteiger partial charge in [0.1, 0.15) is 5.75 Å². The first-order valence-corrected chi connectivity index (χ1v) is 6.66. The lowest BCUT2D eigenvalue weighted by atomic mass is 10.0. The van der Waals surface area contributed by atoms with Gasteiger partial charge in [0, 0.05) is 19.1 Å². The van der Waals surface area contributed by atoms with Gasteiger partial charge in [-0.15, -0.1) is 0 Å². The number of piperidine rings is 1. The average Bonchev–Trinajstić information content (AvgIpc) is 2.36. The molecule has 0 aliphatic carbocycles. The molecule has 6 heteroatoms. The van der Waals surface area contributed by atoms with Gasteiger partial charge in [0.2, 0.25) is 0 Å². The van der Waals surface area contributed by atoms with Crippen LogP contribution in [0.2, 0.25) is 0 Å². The number of benzene rings is 1. The Kier molecular flexibility index (Phi) is 4.42. The molecular formula is C14H19F3N2O. The van der Waals surface area contributed by atoms with Crippen LogP contribution in [0.25, 0.3) is 0 Å². The predicted molar refractivity (Wildman–Crippen MR) is 72.2 cm³/mol. The molecule has 2 rings (SSSR count). The van der Waals surface area contributed by atoms with Crippen LogP contribution in [-0.4, -0.2) is 31.9 Å². The minimum absolute atomic E-state index is 0.0553. The highest BCUT2D eigenvalue weighted by molar-refractivity contribution is 5.60. The molecule has 20 heavy (non-hydrogen) atoms. The normalized spacial score (nSPS) is 20.1. The monoisotopic (exact) mass is 288 g/mol. The molecule has 0 spiro atoms. The molecule has 3 nitrogen and oxygen atoms in total. The molecule has 1 unspecified atom stereocenters. The summed E-state index contributed by atoms with van der Waals surface area (Å²) in [7, 11) is 0. The van der Waals surface area contributed by atoms with E-state index >= 15 is 0 Å². The molecule has 1 fully saturated rings. The Bertz CT molecular complexity index is 462. The van der Waals surface area contributed by atoms with Crippen LogP contribution < -0.4 is 15.4 Å². The van der Waals surface area contributed by atoms with Gasteiger partial charge in [0.05, 0.1) is 5.69 Å². The number of halogens is 3. The van der Waals surface area contributed by atoms with E-state index in [4.69, 9.17) is 10.5 Å². The zero-order valence-corrected chi connectivity index (χ0v) is 11.4. The molecule has 0 amide bonds. The zero-order valence-electron chi connectivity index (χ0n) is 11.4. The van der Waals surface area contributed by atoms with Gasteiger partial charge in [-0.25, -0.2) is 0 Å². The summed E-state index contributed by atoms with van der Waals surface area (Å²) in [6.45, 7) is 2.06. The number of hydrogen-bond acceptors (Lipinski definition) is 3. The van der Waals surface area contributed by atoms with Crippen molar-refractivity contribution in [2.24, 2.45) is 5.73 Å². The first kappa shape index (κ1) is 15.0. The second-order valence-electron chi connectivity index (χ2n) is 5.22. The van der Waals surface area contributed by atoms with Crippen LogP contribution in [0.3, 0.4) is 0 Å². The van der Waals surface area contributed by atoms with Crippen LogP contribution in [0.4, 0.5) is 18.9 Å². The van der Waals surface area contributed by atoms with Gasteiger partial charge in [-0.1, -0.05) is 6.07 Å². The van der Waals surface area contributed by atoms with Crippen LogP contribution in [-0.2, 0) is 0 Å². The van der Waals surface area contributed by atoms with E-state index in [1.54, 1.807) is 12.1 Å². The number of anilines is 1. The van der Waals surface area contributed by atoms with Gasteiger partial charge in [0.15, 0.2) is 6.61 Å². The molecule has 1 heterocycles. The average molecular weight is 288 g/mol. The number of rotatable bonds is 3. The predicted octanol–water partition coefficient (Wildman–Crippen LogP) is 2.86. The summed E-state index contributed by atoms with van der Waals surface area (Å²) in [6, 6.07) is 5.25. The largest absolute Gasteiger partial charge is 0.482 e. The maximum absolute atomic E-state index is 12.3. The van der Waals surface area contributed by atoms with Crippen molar-refractivity contribution in [3.05, 3.63) is 23.8 Å². The molecular weight excluding hydrogens is 269 g/mol. The fourth-order valence-corrected chi connectivity index (χ4v) is 2.38. The molecule has 0 radical (unpaired) electrons. The van der Waals surface area contributed by atoms with Gasteiger partial charge >= 0.3 is 6.18 Å². The molecule has 1 atom stereocenters. The second kappa shape index (κ2) is 5.91. The maximum atomic E-state index is 12.3. The molecule has 1 aliphatic heterocycles. The van der Waals surface area contributed by atoms with Gasteiger partial charge in [0.25, 0.3) is 0 Å². The summed E-state index contributed by atoms with van der Waals surface area (Å²) in [6.07, 6.45) is -2.45. The lowest BCUT2D eigenvalue weighted by Gasteiger charge is -2.33. The SMILES string of the molecule is Cc1ccc(OCC(F)(F)F)c(N2CCCC(N)C2)c1. The van der Waals surface area contributed by atoms with E-state index < -0.39 is 12.8 Å². The Balaban J connectivity index is 2.19. The smallest absolute Gasteiger partial charge is 0.422 e. The summed E-state index contributed by atoms with van der Waals surface area (Å²) in [5.74, 6) is 0.266. The minimum atomic E-state index is -4.33. The maximum Gasteiger partial charge on any atom is 0.422 e.